The number of carbonyl (C=O) groups is 1. The summed E-state index contributed by atoms with van der Waals surface area (Å²) < 4.78 is 4.94. The van der Waals surface area contributed by atoms with Gasteiger partial charge in [-0.15, -0.1) is 0 Å². The van der Waals surface area contributed by atoms with Crippen molar-refractivity contribution in [2.24, 2.45) is 0 Å². The highest BCUT2D eigenvalue weighted by Gasteiger charge is 2.28. The van der Waals surface area contributed by atoms with Crippen molar-refractivity contribution in [3.05, 3.63) is 17.5 Å². The zero-order chi connectivity index (χ0) is 11.5. The zero-order valence-corrected chi connectivity index (χ0v) is 10.9. The van der Waals surface area contributed by atoms with Crippen molar-refractivity contribution >= 4 is 21.8 Å². The number of halogens is 1. The molecule has 16 heavy (non-hydrogen) atoms. The first-order valence-electron chi connectivity index (χ1n) is 5.52. The molecule has 1 atom stereocenters. The molecule has 0 bridgehead atoms. The Morgan fingerprint density at radius 1 is 1.69 bits per heavy atom. The minimum atomic E-state index is 0.0444. The van der Waals surface area contributed by atoms with E-state index in [1.54, 1.807) is 6.92 Å². The third kappa shape index (κ3) is 2.14. The molecule has 1 saturated heterocycles. The van der Waals surface area contributed by atoms with Crippen LogP contribution in [-0.4, -0.2) is 33.9 Å². The summed E-state index contributed by atoms with van der Waals surface area (Å²) in [5.74, 6) is 0.645. The fourth-order valence-corrected chi connectivity index (χ4v) is 2.76. The molecule has 5 heteroatoms. The van der Waals surface area contributed by atoms with E-state index in [0.29, 0.717) is 17.4 Å². The summed E-state index contributed by atoms with van der Waals surface area (Å²) in [7, 11) is 0. The summed E-state index contributed by atoms with van der Waals surface area (Å²) >= 11 is 3.47. The number of hydrogen-bond acceptors (Lipinski definition) is 3. The molecule has 0 N–H and O–H groups in total. The maximum absolute atomic E-state index is 12.3. The molecule has 0 spiro atoms. The summed E-state index contributed by atoms with van der Waals surface area (Å²) in [4.78, 5) is 14.2. The Kier molecular flexibility index (Phi) is 3.63. The Bertz CT molecular complexity index is 378. The average molecular weight is 287 g/mol. The Morgan fingerprint density at radius 3 is 3.12 bits per heavy atom. The first-order chi connectivity index (χ1) is 7.74. The van der Waals surface area contributed by atoms with Gasteiger partial charge < -0.3 is 9.42 Å². The van der Waals surface area contributed by atoms with E-state index in [0.717, 1.165) is 24.7 Å². The van der Waals surface area contributed by atoms with Crippen LogP contribution in [0.4, 0.5) is 0 Å². The molecule has 0 aliphatic carbocycles. The maximum atomic E-state index is 12.3. The van der Waals surface area contributed by atoms with Crippen LogP contribution in [0.15, 0.2) is 10.7 Å². The molecule has 0 saturated carbocycles. The van der Waals surface area contributed by atoms with Crippen molar-refractivity contribution < 1.29 is 9.32 Å². The van der Waals surface area contributed by atoms with E-state index in [2.05, 4.69) is 21.1 Å². The van der Waals surface area contributed by atoms with Gasteiger partial charge in [0.15, 0.2) is 0 Å². The molecular weight excluding hydrogens is 272 g/mol. The lowest BCUT2D eigenvalue weighted by molar-refractivity contribution is 0.0640. The second-order valence-corrected chi connectivity index (χ2v) is 4.75. The first kappa shape index (κ1) is 11.6. The predicted molar refractivity (Wildman–Crippen MR) is 63.7 cm³/mol. The number of aryl methyl sites for hydroxylation is 1. The standard InChI is InChI=1S/C11H15BrN2O2/c1-8-10(7-13-16-8)11(15)14-5-3-2-4-9(14)6-12/h7,9H,2-6H2,1H3. The van der Waals surface area contributed by atoms with Crippen molar-refractivity contribution in [1.82, 2.24) is 10.1 Å². The number of piperidine rings is 1. The number of nitrogens with zero attached hydrogens (tertiary/aromatic N) is 2. The molecule has 0 aromatic carbocycles. The van der Waals surface area contributed by atoms with Gasteiger partial charge in [0.25, 0.3) is 5.91 Å². The predicted octanol–water partition coefficient (Wildman–Crippen LogP) is 2.37. The van der Waals surface area contributed by atoms with E-state index < -0.39 is 0 Å². The van der Waals surface area contributed by atoms with Crippen LogP contribution in [0.2, 0.25) is 0 Å². The van der Waals surface area contributed by atoms with Gasteiger partial charge in [-0.3, -0.25) is 4.79 Å². The lowest BCUT2D eigenvalue weighted by Gasteiger charge is -2.34. The van der Waals surface area contributed by atoms with Crippen LogP contribution in [0, 0.1) is 6.92 Å². The Labute approximate surface area is 103 Å². The smallest absolute Gasteiger partial charge is 0.259 e. The van der Waals surface area contributed by atoms with Gasteiger partial charge in [0, 0.05) is 17.9 Å². The van der Waals surface area contributed by atoms with Crippen LogP contribution in [0.25, 0.3) is 0 Å². The monoisotopic (exact) mass is 286 g/mol. The summed E-state index contributed by atoms with van der Waals surface area (Å²) in [6, 6.07) is 0.301. The van der Waals surface area contributed by atoms with Crippen molar-refractivity contribution in [3.63, 3.8) is 0 Å². The third-order valence-electron chi connectivity index (χ3n) is 3.05. The number of likely N-dealkylation sites (tertiary alicyclic amines) is 1. The minimum absolute atomic E-state index is 0.0444. The Hall–Kier alpha value is -0.840. The number of hydrogen-bond donors (Lipinski definition) is 0. The zero-order valence-electron chi connectivity index (χ0n) is 9.28. The van der Waals surface area contributed by atoms with Gasteiger partial charge in [-0.25, -0.2) is 0 Å². The molecule has 4 nitrogen and oxygen atoms in total. The Balaban J connectivity index is 2.17. The number of carbonyl (C=O) groups excluding carboxylic acids is 1. The molecule has 1 amide bonds. The number of alkyl halides is 1. The van der Waals surface area contributed by atoms with E-state index in [1.807, 2.05) is 4.90 Å². The Morgan fingerprint density at radius 2 is 2.50 bits per heavy atom. The van der Waals surface area contributed by atoms with Crippen LogP contribution >= 0.6 is 15.9 Å². The summed E-state index contributed by atoms with van der Waals surface area (Å²) in [6.45, 7) is 2.60. The molecule has 0 radical (unpaired) electrons. The van der Waals surface area contributed by atoms with Gasteiger partial charge in [0.1, 0.15) is 11.3 Å². The highest BCUT2D eigenvalue weighted by Crippen LogP contribution is 2.22. The first-order valence-corrected chi connectivity index (χ1v) is 6.64. The minimum Gasteiger partial charge on any atom is -0.361 e. The van der Waals surface area contributed by atoms with Gasteiger partial charge in [0.2, 0.25) is 0 Å². The van der Waals surface area contributed by atoms with Gasteiger partial charge in [-0.1, -0.05) is 21.1 Å². The second-order valence-electron chi connectivity index (χ2n) is 4.10. The third-order valence-corrected chi connectivity index (χ3v) is 3.79. The van der Waals surface area contributed by atoms with Gasteiger partial charge in [-0.05, 0) is 26.2 Å². The molecule has 1 unspecified atom stereocenters. The molecule has 2 heterocycles. The lowest BCUT2D eigenvalue weighted by atomic mass is 10.0. The quantitative estimate of drug-likeness (QED) is 0.784. The molecule has 1 aromatic heterocycles. The summed E-state index contributed by atoms with van der Waals surface area (Å²) in [5.41, 5.74) is 0.591. The van der Waals surface area contributed by atoms with E-state index in [4.69, 9.17) is 4.52 Å². The number of amides is 1. The summed E-state index contributed by atoms with van der Waals surface area (Å²) in [6.07, 6.45) is 4.86. The normalized spacial score (nSPS) is 21.1. The lowest BCUT2D eigenvalue weighted by Crippen LogP contribution is -2.44. The molecule has 2 rings (SSSR count). The summed E-state index contributed by atoms with van der Waals surface area (Å²) in [5, 5.41) is 4.49. The van der Waals surface area contributed by atoms with Gasteiger partial charge in [0.05, 0.1) is 6.20 Å². The largest absolute Gasteiger partial charge is 0.361 e. The van der Waals surface area contributed by atoms with Crippen LogP contribution in [0.5, 0.6) is 0 Å². The molecule has 1 aliphatic heterocycles. The molecular formula is C11H15BrN2O2. The van der Waals surface area contributed by atoms with E-state index in [-0.39, 0.29) is 5.91 Å². The van der Waals surface area contributed by atoms with Crippen LogP contribution in [-0.2, 0) is 0 Å². The van der Waals surface area contributed by atoms with Crippen molar-refractivity contribution in [2.75, 3.05) is 11.9 Å². The van der Waals surface area contributed by atoms with E-state index in [1.165, 1.54) is 12.6 Å². The van der Waals surface area contributed by atoms with Gasteiger partial charge in [-0.2, -0.15) is 0 Å². The maximum Gasteiger partial charge on any atom is 0.259 e. The molecule has 88 valence electrons. The van der Waals surface area contributed by atoms with Crippen LogP contribution < -0.4 is 0 Å². The van der Waals surface area contributed by atoms with Crippen molar-refractivity contribution in [2.45, 2.75) is 32.2 Å². The molecule has 1 aliphatic rings. The fourth-order valence-electron chi connectivity index (χ4n) is 2.09. The van der Waals surface area contributed by atoms with Crippen molar-refractivity contribution in [1.29, 1.82) is 0 Å². The van der Waals surface area contributed by atoms with Crippen LogP contribution in [0.3, 0.4) is 0 Å². The van der Waals surface area contributed by atoms with Crippen molar-refractivity contribution in [3.8, 4) is 0 Å². The van der Waals surface area contributed by atoms with E-state index >= 15 is 0 Å². The number of aromatic nitrogens is 1. The molecule has 1 fully saturated rings. The van der Waals surface area contributed by atoms with Gasteiger partial charge >= 0.3 is 0 Å². The highest BCUT2D eigenvalue weighted by atomic mass is 79.9. The topological polar surface area (TPSA) is 46.3 Å². The fraction of sp³-hybridized carbons (Fsp3) is 0.636. The average Bonchev–Trinajstić information content (AvgIpc) is 2.74. The number of rotatable bonds is 2. The van der Waals surface area contributed by atoms with E-state index in [9.17, 15) is 4.79 Å². The second kappa shape index (κ2) is 4.99. The highest BCUT2D eigenvalue weighted by molar-refractivity contribution is 9.09. The van der Waals surface area contributed by atoms with Crippen LogP contribution in [0.1, 0.15) is 35.4 Å². The SMILES string of the molecule is Cc1oncc1C(=O)N1CCCCC1CBr. The molecule has 1 aromatic rings.